The van der Waals surface area contributed by atoms with Crippen molar-refractivity contribution in [1.29, 1.82) is 0 Å². The molecule has 2 aromatic carbocycles. The molecule has 0 saturated carbocycles. The Bertz CT molecular complexity index is 983. The number of fused-ring (bicyclic) bond motifs is 1. The number of carbonyl (C=O) groups excluding carboxylic acids is 1. The average Bonchev–Trinajstić information content (AvgIpc) is 3.30. The summed E-state index contributed by atoms with van der Waals surface area (Å²) in [4.78, 5) is 33.8. The summed E-state index contributed by atoms with van der Waals surface area (Å²) in [5, 5.41) is 2.44. The number of imidazole rings is 1. The van der Waals surface area contributed by atoms with Gasteiger partial charge in [0.1, 0.15) is 0 Å². The van der Waals surface area contributed by atoms with Crippen molar-refractivity contribution < 1.29 is 21.9 Å². The number of hydrogen-bond donors (Lipinski definition) is 2. The third-order valence-electron chi connectivity index (χ3n) is 3.42. The van der Waals surface area contributed by atoms with Crippen LogP contribution < -0.4 is 10.9 Å². The second-order valence-corrected chi connectivity index (χ2v) is 5.40. The van der Waals surface area contributed by atoms with Gasteiger partial charge in [0.2, 0.25) is 11.9 Å². The standard InChI is InChI=1S/C13H12N5O2.C5H5.Fe/c1-8(19)15-13-16-11-10(12(20)17-13)18(7-14-11)6-9-4-2-3-5-9;1-2-4-5-3-1;/h2-5,7H,6H2,1H3,(H2,15,16,17,19,20);1-5H;/q2*-1;. The molecule has 0 saturated heterocycles. The van der Waals surface area contributed by atoms with Crippen molar-refractivity contribution in [2.24, 2.45) is 0 Å². The molecule has 2 N–H and O–H groups in total. The molecule has 4 aromatic rings. The number of carbonyl (C=O) groups is 1. The van der Waals surface area contributed by atoms with Gasteiger partial charge in [-0.3, -0.25) is 19.9 Å². The van der Waals surface area contributed by atoms with E-state index >= 15 is 0 Å². The van der Waals surface area contributed by atoms with Gasteiger partial charge in [0.15, 0.2) is 11.2 Å². The molecular formula is C18H17FeN5O2-2. The second kappa shape index (κ2) is 8.94. The van der Waals surface area contributed by atoms with Crippen LogP contribution in [0.3, 0.4) is 0 Å². The Morgan fingerprint density at radius 1 is 1.27 bits per heavy atom. The maximum Gasteiger partial charge on any atom is 0.278 e. The molecule has 1 amide bonds. The fraction of sp³-hybridized carbons (Fsp3) is 0.111. The molecule has 0 bridgehead atoms. The minimum atomic E-state index is -0.331. The summed E-state index contributed by atoms with van der Waals surface area (Å²) < 4.78 is 1.73. The van der Waals surface area contributed by atoms with Crippen LogP contribution >= 0.6 is 0 Å². The van der Waals surface area contributed by atoms with E-state index in [0.717, 1.165) is 5.56 Å². The van der Waals surface area contributed by atoms with E-state index in [0.29, 0.717) is 17.7 Å². The van der Waals surface area contributed by atoms with Crippen molar-refractivity contribution in [3.05, 3.63) is 76.8 Å². The number of H-pyrrole nitrogens is 1. The summed E-state index contributed by atoms with van der Waals surface area (Å²) in [6, 6.07) is 17.8. The van der Waals surface area contributed by atoms with Crippen LogP contribution in [0.25, 0.3) is 11.2 Å². The molecule has 0 aliphatic carbocycles. The van der Waals surface area contributed by atoms with E-state index in [4.69, 9.17) is 0 Å². The zero-order chi connectivity index (χ0) is 17.6. The number of amides is 1. The summed E-state index contributed by atoms with van der Waals surface area (Å²) in [5.41, 5.74) is 1.45. The normalized spacial score (nSPS) is 9.88. The molecule has 0 radical (unpaired) electrons. The molecule has 0 spiro atoms. The first-order valence-corrected chi connectivity index (χ1v) is 7.73. The van der Waals surface area contributed by atoms with E-state index in [-0.39, 0.29) is 34.5 Å². The summed E-state index contributed by atoms with van der Waals surface area (Å²) in [6.07, 6.45) is 1.57. The van der Waals surface area contributed by atoms with E-state index in [2.05, 4.69) is 20.3 Å². The van der Waals surface area contributed by atoms with E-state index in [1.807, 2.05) is 54.6 Å². The van der Waals surface area contributed by atoms with Crippen LogP contribution in [0.1, 0.15) is 12.5 Å². The third-order valence-corrected chi connectivity index (χ3v) is 3.42. The molecule has 26 heavy (non-hydrogen) atoms. The van der Waals surface area contributed by atoms with Crippen molar-refractivity contribution in [1.82, 2.24) is 19.5 Å². The van der Waals surface area contributed by atoms with Crippen LogP contribution in [0.5, 0.6) is 0 Å². The molecule has 2 aromatic heterocycles. The Morgan fingerprint density at radius 2 is 1.96 bits per heavy atom. The smallest absolute Gasteiger partial charge is 0.278 e. The number of anilines is 1. The van der Waals surface area contributed by atoms with Crippen LogP contribution in [0, 0.1) is 0 Å². The van der Waals surface area contributed by atoms with Crippen LogP contribution in [0.15, 0.2) is 65.7 Å². The summed E-state index contributed by atoms with van der Waals surface area (Å²) in [6.45, 7) is 1.89. The largest absolute Gasteiger partial charge is 0.332 e. The second-order valence-electron chi connectivity index (χ2n) is 5.40. The van der Waals surface area contributed by atoms with Gasteiger partial charge < -0.3 is 4.57 Å². The molecule has 0 fully saturated rings. The van der Waals surface area contributed by atoms with Gasteiger partial charge in [-0.2, -0.15) is 35.3 Å². The van der Waals surface area contributed by atoms with Gasteiger partial charge >= 0.3 is 0 Å². The number of aromatic amines is 1. The Hall–Kier alpha value is -2.96. The van der Waals surface area contributed by atoms with E-state index in [9.17, 15) is 9.59 Å². The van der Waals surface area contributed by atoms with Gasteiger partial charge in [-0.1, -0.05) is 0 Å². The molecule has 136 valence electrons. The van der Waals surface area contributed by atoms with Crippen LogP contribution in [-0.2, 0) is 28.4 Å². The molecule has 7 nitrogen and oxygen atoms in total. The van der Waals surface area contributed by atoms with Gasteiger partial charge in [-0.25, -0.2) is 29.2 Å². The fourth-order valence-corrected chi connectivity index (χ4v) is 2.37. The van der Waals surface area contributed by atoms with E-state index in [1.165, 1.54) is 6.92 Å². The van der Waals surface area contributed by atoms with Gasteiger partial charge in [0, 0.05) is 30.5 Å². The molecular weight excluding hydrogens is 374 g/mol. The molecule has 4 rings (SSSR count). The molecule has 2 heterocycles. The molecule has 0 aliphatic heterocycles. The Kier molecular flexibility index (Phi) is 6.66. The molecule has 0 aliphatic rings. The number of nitrogens with zero attached hydrogens (tertiary/aromatic N) is 3. The van der Waals surface area contributed by atoms with Crippen LogP contribution in [0.4, 0.5) is 5.95 Å². The van der Waals surface area contributed by atoms with Crippen molar-refractivity contribution in [2.45, 2.75) is 13.5 Å². The van der Waals surface area contributed by atoms with Crippen LogP contribution in [0.2, 0.25) is 0 Å². The van der Waals surface area contributed by atoms with E-state index < -0.39 is 0 Å². The molecule has 8 heteroatoms. The van der Waals surface area contributed by atoms with Crippen LogP contribution in [-0.4, -0.2) is 25.4 Å². The van der Waals surface area contributed by atoms with Crippen molar-refractivity contribution in [3.63, 3.8) is 0 Å². The molecule has 0 atom stereocenters. The predicted octanol–water partition coefficient (Wildman–Crippen LogP) is 2.25. The quantitative estimate of drug-likeness (QED) is 0.414. The Morgan fingerprint density at radius 3 is 2.54 bits per heavy atom. The summed E-state index contributed by atoms with van der Waals surface area (Å²) in [5.74, 6) is -0.197. The fourth-order valence-electron chi connectivity index (χ4n) is 2.37. The van der Waals surface area contributed by atoms with Crippen molar-refractivity contribution >= 4 is 23.0 Å². The first-order valence-electron chi connectivity index (χ1n) is 7.73. The molecule has 0 unspecified atom stereocenters. The summed E-state index contributed by atoms with van der Waals surface area (Å²) in [7, 11) is 0. The van der Waals surface area contributed by atoms with Gasteiger partial charge in [-0.05, 0) is 0 Å². The van der Waals surface area contributed by atoms with Gasteiger partial charge in [-0.15, -0.1) is 5.56 Å². The van der Waals surface area contributed by atoms with Gasteiger partial charge in [0.05, 0.1) is 6.33 Å². The number of aromatic nitrogens is 4. The minimum Gasteiger partial charge on any atom is -0.332 e. The van der Waals surface area contributed by atoms with Crippen molar-refractivity contribution in [2.75, 3.05) is 5.32 Å². The maximum atomic E-state index is 12.1. The zero-order valence-corrected chi connectivity index (χ0v) is 15.1. The first-order chi connectivity index (χ1) is 12.1. The number of rotatable bonds is 3. The topological polar surface area (TPSA) is 92.7 Å². The SMILES string of the molecule is CC(=O)Nc1nc2ncn(C[c-]3cccc3)c2c(=O)[nH]1.[Fe].c1cc[cH-]c1. The third kappa shape index (κ3) is 4.78. The Labute approximate surface area is 160 Å². The zero-order valence-electron chi connectivity index (χ0n) is 14.0. The maximum absolute atomic E-state index is 12.1. The monoisotopic (exact) mass is 391 g/mol. The number of nitrogens with one attached hydrogen (secondary N) is 2. The van der Waals surface area contributed by atoms with E-state index in [1.54, 1.807) is 10.9 Å². The number of hydrogen-bond acceptors (Lipinski definition) is 4. The summed E-state index contributed by atoms with van der Waals surface area (Å²) >= 11 is 0. The minimum absolute atomic E-state index is 0. The van der Waals surface area contributed by atoms with Gasteiger partial charge in [0.25, 0.3) is 5.56 Å². The Balaban J connectivity index is 0.000000351. The first kappa shape index (κ1) is 19.4. The predicted molar refractivity (Wildman–Crippen MR) is 95.6 cm³/mol. The van der Waals surface area contributed by atoms with Crippen molar-refractivity contribution in [3.8, 4) is 0 Å². The average molecular weight is 391 g/mol.